The molecular formula is C18H23NO8. The highest BCUT2D eigenvalue weighted by Gasteiger charge is 2.53. The fraction of sp³-hybridized carbons (Fsp3) is 0.667. The molecule has 0 unspecified atom stereocenters. The Morgan fingerprint density at radius 3 is 2.48 bits per heavy atom. The van der Waals surface area contributed by atoms with Crippen LogP contribution in [0.5, 0.6) is 5.75 Å². The molecule has 1 aromatic carbocycles. The van der Waals surface area contributed by atoms with E-state index in [1.165, 1.54) is 24.3 Å². The van der Waals surface area contributed by atoms with Crippen molar-refractivity contribution in [3.05, 3.63) is 34.4 Å². The first kappa shape index (κ1) is 18.6. The Hall–Kier alpha value is -1.78. The normalized spacial score (nSPS) is 35.4. The first-order valence-electron chi connectivity index (χ1n) is 9.22. The van der Waals surface area contributed by atoms with Gasteiger partial charge < -0.3 is 29.2 Å². The van der Waals surface area contributed by atoms with Crippen LogP contribution in [0, 0.1) is 10.1 Å². The molecule has 1 aliphatic carbocycles. The van der Waals surface area contributed by atoms with Gasteiger partial charge in [-0.3, -0.25) is 10.1 Å². The number of hydrogen-bond donors (Lipinski definition) is 2. The van der Waals surface area contributed by atoms with Gasteiger partial charge in [0, 0.05) is 25.0 Å². The number of rotatable bonds is 3. The molecule has 2 heterocycles. The van der Waals surface area contributed by atoms with Crippen LogP contribution in [0.1, 0.15) is 32.1 Å². The number of benzene rings is 1. The minimum absolute atomic E-state index is 0.0700. The van der Waals surface area contributed by atoms with Crippen molar-refractivity contribution in [2.24, 2.45) is 0 Å². The molecule has 1 aromatic rings. The quantitative estimate of drug-likeness (QED) is 0.597. The van der Waals surface area contributed by atoms with Crippen molar-refractivity contribution in [3.63, 3.8) is 0 Å². The summed E-state index contributed by atoms with van der Waals surface area (Å²) >= 11 is 0. The van der Waals surface area contributed by atoms with Crippen LogP contribution in [0.15, 0.2) is 24.3 Å². The Morgan fingerprint density at radius 1 is 1.11 bits per heavy atom. The van der Waals surface area contributed by atoms with Gasteiger partial charge in [-0.05, 0) is 25.0 Å². The highest BCUT2D eigenvalue weighted by atomic mass is 16.8. The molecule has 27 heavy (non-hydrogen) atoms. The summed E-state index contributed by atoms with van der Waals surface area (Å²) < 4.78 is 23.3. The lowest BCUT2D eigenvalue weighted by molar-refractivity contribution is -0.388. The molecule has 1 saturated carbocycles. The second-order valence-corrected chi connectivity index (χ2v) is 7.26. The van der Waals surface area contributed by atoms with Gasteiger partial charge in [0.1, 0.15) is 30.2 Å². The van der Waals surface area contributed by atoms with E-state index in [9.17, 15) is 20.3 Å². The molecule has 3 fully saturated rings. The largest absolute Gasteiger partial charge is 0.462 e. The van der Waals surface area contributed by atoms with E-state index in [4.69, 9.17) is 18.9 Å². The van der Waals surface area contributed by atoms with Crippen LogP contribution < -0.4 is 4.74 Å². The summed E-state index contributed by atoms with van der Waals surface area (Å²) in [5.74, 6) is -0.410. The third-order valence-corrected chi connectivity index (χ3v) is 5.42. The van der Waals surface area contributed by atoms with Crippen molar-refractivity contribution in [1.29, 1.82) is 0 Å². The zero-order valence-corrected chi connectivity index (χ0v) is 14.7. The molecule has 4 rings (SSSR count). The maximum atomic E-state index is 10.7. The van der Waals surface area contributed by atoms with Gasteiger partial charge in [-0.1, -0.05) is 6.42 Å². The zero-order chi connectivity index (χ0) is 19.0. The molecule has 9 nitrogen and oxygen atoms in total. The fourth-order valence-corrected chi connectivity index (χ4v) is 3.93. The summed E-state index contributed by atoms with van der Waals surface area (Å²) in [6.07, 6.45) is -0.225. The van der Waals surface area contributed by atoms with Crippen molar-refractivity contribution in [3.8, 4) is 5.75 Å². The number of nitro benzene ring substituents is 1. The van der Waals surface area contributed by atoms with Crippen molar-refractivity contribution in [1.82, 2.24) is 0 Å². The van der Waals surface area contributed by atoms with Gasteiger partial charge in [0.25, 0.3) is 5.69 Å². The summed E-state index contributed by atoms with van der Waals surface area (Å²) in [5.41, 5.74) is -0.0700. The molecular weight excluding hydrogens is 358 g/mol. The number of aliphatic hydroxyl groups excluding tert-OH is 2. The van der Waals surface area contributed by atoms with E-state index in [0.29, 0.717) is 0 Å². The smallest absolute Gasteiger partial charge is 0.269 e. The lowest BCUT2D eigenvalue weighted by atomic mass is 9.90. The van der Waals surface area contributed by atoms with Crippen LogP contribution in [0.25, 0.3) is 0 Å². The number of fused-ring (bicyclic) bond motifs is 1. The second-order valence-electron chi connectivity index (χ2n) is 7.26. The Kier molecular flexibility index (Phi) is 5.04. The number of nitrogens with zero attached hydrogens (tertiary/aromatic N) is 1. The fourth-order valence-electron chi connectivity index (χ4n) is 3.93. The lowest BCUT2D eigenvalue weighted by Gasteiger charge is -2.51. The first-order valence-corrected chi connectivity index (χ1v) is 9.22. The molecule has 0 radical (unpaired) electrons. The van der Waals surface area contributed by atoms with Crippen molar-refractivity contribution in [2.75, 3.05) is 6.61 Å². The van der Waals surface area contributed by atoms with Crippen molar-refractivity contribution < 1.29 is 34.1 Å². The standard InChI is InChI=1S/C18H23NO8/c20-14-15(21)17(25-12-6-4-11(5-7-12)19(22)23)26-13-10-24-18(27-16(13)14)8-2-1-3-9-18/h4-7,13-17,20-21H,1-3,8-10H2/t13-,14-,15-,16-,17-/m0/s1. The first-order chi connectivity index (χ1) is 13.0. The van der Waals surface area contributed by atoms with E-state index in [1.54, 1.807) is 0 Å². The molecule has 9 heteroatoms. The van der Waals surface area contributed by atoms with Crippen molar-refractivity contribution >= 4 is 5.69 Å². The van der Waals surface area contributed by atoms with Gasteiger partial charge in [-0.25, -0.2) is 0 Å². The SMILES string of the molecule is O=[N+]([O-])c1ccc(O[C@H]2O[C@H]3COC4(CCCCC4)O[C@@H]3[C@@H](O)[C@@H]2O)cc1. The predicted molar refractivity (Wildman–Crippen MR) is 91.0 cm³/mol. The van der Waals surface area contributed by atoms with E-state index < -0.39 is 41.4 Å². The Labute approximate surface area is 155 Å². The van der Waals surface area contributed by atoms with E-state index in [2.05, 4.69) is 0 Å². The third kappa shape index (κ3) is 3.65. The maximum absolute atomic E-state index is 10.7. The molecule has 1 spiro atoms. The van der Waals surface area contributed by atoms with E-state index in [1.807, 2.05) is 0 Å². The number of hydrogen-bond acceptors (Lipinski definition) is 8. The van der Waals surface area contributed by atoms with Gasteiger partial charge in [0.05, 0.1) is 11.5 Å². The molecule has 0 amide bonds. The minimum Gasteiger partial charge on any atom is -0.462 e. The zero-order valence-electron chi connectivity index (χ0n) is 14.7. The van der Waals surface area contributed by atoms with Gasteiger partial charge in [0.2, 0.25) is 6.29 Å². The molecule has 0 aromatic heterocycles. The maximum Gasteiger partial charge on any atom is 0.269 e. The summed E-state index contributed by atoms with van der Waals surface area (Å²) in [6, 6.07) is 5.42. The van der Waals surface area contributed by atoms with Crippen LogP contribution in [-0.4, -0.2) is 58.2 Å². The summed E-state index contributed by atoms with van der Waals surface area (Å²) in [6.45, 7) is 0.245. The van der Waals surface area contributed by atoms with Crippen LogP contribution in [-0.2, 0) is 14.2 Å². The second kappa shape index (κ2) is 7.33. The average molecular weight is 381 g/mol. The number of aliphatic hydroxyl groups is 2. The van der Waals surface area contributed by atoms with Gasteiger partial charge in [0.15, 0.2) is 5.79 Å². The number of non-ortho nitro benzene ring substituents is 1. The Balaban J connectivity index is 1.43. The van der Waals surface area contributed by atoms with Crippen LogP contribution in [0.3, 0.4) is 0 Å². The van der Waals surface area contributed by atoms with Gasteiger partial charge in [-0.2, -0.15) is 0 Å². The molecule has 3 aliphatic rings. The molecule has 2 aliphatic heterocycles. The van der Waals surface area contributed by atoms with Gasteiger partial charge >= 0.3 is 0 Å². The van der Waals surface area contributed by atoms with Crippen LogP contribution in [0.2, 0.25) is 0 Å². The van der Waals surface area contributed by atoms with Crippen LogP contribution in [0.4, 0.5) is 5.69 Å². The van der Waals surface area contributed by atoms with Crippen molar-refractivity contribution in [2.45, 2.75) is 68.6 Å². The molecule has 0 bridgehead atoms. The summed E-state index contributed by atoms with van der Waals surface area (Å²) in [4.78, 5) is 10.2. The highest BCUT2D eigenvalue weighted by molar-refractivity contribution is 5.36. The monoisotopic (exact) mass is 381 g/mol. The Morgan fingerprint density at radius 2 is 1.81 bits per heavy atom. The Bertz CT molecular complexity index is 672. The van der Waals surface area contributed by atoms with Gasteiger partial charge in [-0.15, -0.1) is 0 Å². The summed E-state index contributed by atoms with van der Waals surface area (Å²) in [7, 11) is 0. The topological polar surface area (TPSA) is 121 Å². The molecule has 5 atom stereocenters. The van der Waals surface area contributed by atoms with E-state index in [-0.39, 0.29) is 18.0 Å². The minimum atomic E-state index is -1.32. The number of ether oxygens (including phenoxy) is 4. The molecule has 148 valence electrons. The van der Waals surface area contributed by atoms with E-state index in [0.717, 1.165) is 32.1 Å². The lowest BCUT2D eigenvalue weighted by Crippen LogP contribution is -2.66. The molecule has 2 N–H and O–H groups in total. The highest BCUT2D eigenvalue weighted by Crippen LogP contribution is 2.40. The third-order valence-electron chi connectivity index (χ3n) is 5.42. The average Bonchev–Trinajstić information content (AvgIpc) is 2.68. The summed E-state index contributed by atoms with van der Waals surface area (Å²) in [5, 5.41) is 31.7. The van der Waals surface area contributed by atoms with Crippen LogP contribution >= 0.6 is 0 Å². The number of nitro groups is 1. The van der Waals surface area contributed by atoms with E-state index >= 15 is 0 Å². The predicted octanol–water partition coefficient (Wildman–Crippen LogP) is 1.50. The molecule has 2 saturated heterocycles.